The van der Waals surface area contributed by atoms with Gasteiger partial charge in [0.2, 0.25) is 0 Å². The van der Waals surface area contributed by atoms with Crippen molar-refractivity contribution in [2.75, 3.05) is 7.11 Å². The molecule has 1 aromatic carbocycles. The average molecular weight is 294 g/mol. The fraction of sp³-hybridized carbons (Fsp3) is 0.600. The van der Waals surface area contributed by atoms with Crippen molar-refractivity contribution in [1.29, 1.82) is 0 Å². The minimum Gasteiger partial charge on any atom is -0.497 e. The molecule has 0 aliphatic carbocycles. The smallest absolute Gasteiger partial charge is 0.492 e. The van der Waals surface area contributed by atoms with Gasteiger partial charge < -0.3 is 24.3 Å². The molecular weight excluding hydrogens is 271 g/mol. The Morgan fingerprint density at radius 2 is 1.90 bits per heavy atom. The molecule has 0 bridgehead atoms. The fourth-order valence-electron chi connectivity index (χ4n) is 2.77. The second-order valence-corrected chi connectivity index (χ2v) is 5.61. The maximum Gasteiger partial charge on any atom is 0.492 e. The van der Waals surface area contributed by atoms with E-state index in [2.05, 4.69) is 13.8 Å². The zero-order valence-electron chi connectivity index (χ0n) is 12.8. The third-order valence-electron chi connectivity index (χ3n) is 3.71. The summed E-state index contributed by atoms with van der Waals surface area (Å²) in [5.41, 5.74) is 1.25. The van der Waals surface area contributed by atoms with Gasteiger partial charge in [-0.05, 0) is 38.3 Å². The summed E-state index contributed by atoms with van der Waals surface area (Å²) in [6.07, 6.45) is 2.37. The lowest BCUT2D eigenvalue weighted by atomic mass is 9.79. The van der Waals surface area contributed by atoms with Crippen LogP contribution < -0.4 is 10.2 Å². The largest absolute Gasteiger partial charge is 0.497 e. The predicted molar refractivity (Wildman–Crippen MR) is 80.6 cm³/mol. The van der Waals surface area contributed by atoms with E-state index in [1.807, 2.05) is 6.07 Å². The molecule has 1 heterocycles. The first-order chi connectivity index (χ1) is 9.99. The third kappa shape index (κ3) is 4.44. The minimum absolute atomic E-state index is 0.174. The molecule has 1 saturated heterocycles. The van der Waals surface area contributed by atoms with E-state index in [1.54, 1.807) is 12.1 Å². The quantitative estimate of drug-likeness (QED) is 0.788. The Morgan fingerprint density at radius 1 is 1.24 bits per heavy atom. The van der Waals surface area contributed by atoms with Crippen LogP contribution in [0.2, 0.25) is 0 Å². The lowest BCUT2D eigenvalue weighted by molar-refractivity contribution is -0.106. The molecule has 0 saturated carbocycles. The molecule has 5 nitrogen and oxygen atoms in total. The standard InChI is InChI=1S/C15H23BO5/c1-10-6-13(7-11(2)21-10)20-9-12-4-5-15(19-3)14(8-12)16(17)18/h4-5,8,10-11,13,17-18H,6-7,9H2,1-3H3. The number of ether oxygens (including phenoxy) is 3. The highest BCUT2D eigenvalue weighted by Gasteiger charge is 2.25. The second-order valence-electron chi connectivity index (χ2n) is 5.61. The van der Waals surface area contributed by atoms with Crippen LogP contribution in [0.3, 0.4) is 0 Å². The van der Waals surface area contributed by atoms with Crippen LogP contribution in [-0.4, -0.2) is 42.6 Å². The van der Waals surface area contributed by atoms with Crippen molar-refractivity contribution in [2.45, 2.75) is 51.6 Å². The third-order valence-corrected chi connectivity index (χ3v) is 3.71. The van der Waals surface area contributed by atoms with Gasteiger partial charge in [0.15, 0.2) is 0 Å². The summed E-state index contributed by atoms with van der Waals surface area (Å²) < 4.78 is 16.7. The van der Waals surface area contributed by atoms with Gasteiger partial charge in [0, 0.05) is 5.46 Å². The van der Waals surface area contributed by atoms with E-state index in [0.717, 1.165) is 18.4 Å². The Balaban J connectivity index is 1.98. The van der Waals surface area contributed by atoms with E-state index in [1.165, 1.54) is 7.11 Å². The van der Waals surface area contributed by atoms with Gasteiger partial charge in [-0.25, -0.2) is 0 Å². The Kier molecular flexibility index (Phi) is 5.64. The molecule has 1 aromatic rings. The summed E-state index contributed by atoms with van der Waals surface area (Å²) in [5.74, 6) is 0.460. The summed E-state index contributed by atoms with van der Waals surface area (Å²) in [5, 5.41) is 18.7. The predicted octanol–water partition coefficient (Wildman–Crippen LogP) is 0.848. The number of benzene rings is 1. The lowest BCUT2D eigenvalue weighted by Crippen LogP contribution is -2.34. The molecule has 0 spiro atoms. The lowest BCUT2D eigenvalue weighted by Gasteiger charge is -2.32. The van der Waals surface area contributed by atoms with E-state index >= 15 is 0 Å². The fourth-order valence-corrected chi connectivity index (χ4v) is 2.77. The van der Waals surface area contributed by atoms with Crippen LogP contribution in [-0.2, 0) is 16.1 Å². The molecule has 2 rings (SSSR count). The molecular formula is C15H23BO5. The highest BCUT2D eigenvalue weighted by Crippen LogP contribution is 2.22. The minimum atomic E-state index is -1.55. The van der Waals surface area contributed by atoms with Crippen molar-refractivity contribution in [3.63, 3.8) is 0 Å². The van der Waals surface area contributed by atoms with Crippen LogP contribution >= 0.6 is 0 Å². The Hall–Kier alpha value is -1.08. The zero-order valence-corrected chi connectivity index (χ0v) is 12.8. The molecule has 2 atom stereocenters. The topological polar surface area (TPSA) is 68.2 Å². The van der Waals surface area contributed by atoms with Crippen molar-refractivity contribution in [2.24, 2.45) is 0 Å². The maximum absolute atomic E-state index is 9.36. The Bertz CT molecular complexity index is 455. The SMILES string of the molecule is COc1ccc(COC2CC(C)OC(C)C2)cc1B(O)O. The molecule has 1 aliphatic heterocycles. The normalized spacial score (nSPS) is 25.7. The molecule has 0 amide bonds. The van der Waals surface area contributed by atoms with Gasteiger partial charge in [-0.15, -0.1) is 0 Å². The van der Waals surface area contributed by atoms with Crippen molar-refractivity contribution in [3.05, 3.63) is 23.8 Å². The molecule has 1 fully saturated rings. The van der Waals surface area contributed by atoms with E-state index in [0.29, 0.717) is 17.8 Å². The van der Waals surface area contributed by atoms with Crippen LogP contribution in [0.25, 0.3) is 0 Å². The molecule has 1 aliphatic rings. The van der Waals surface area contributed by atoms with Gasteiger partial charge in [-0.1, -0.05) is 12.1 Å². The van der Waals surface area contributed by atoms with E-state index in [9.17, 15) is 10.0 Å². The van der Waals surface area contributed by atoms with Crippen LogP contribution in [0, 0.1) is 0 Å². The Labute approximate surface area is 126 Å². The van der Waals surface area contributed by atoms with Gasteiger partial charge in [-0.3, -0.25) is 0 Å². The maximum atomic E-state index is 9.36. The van der Waals surface area contributed by atoms with E-state index in [4.69, 9.17) is 14.2 Å². The monoisotopic (exact) mass is 294 g/mol. The van der Waals surface area contributed by atoms with E-state index in [-0.39, 0.29) is 18.3 Å². The Morgan fingerprint density at radius 3 is 2.48 bits per heavy atom. The first-order valence-electron chi connectivity index (χ1n) is 7.29. The second kappa shape index (κ2) is 7.27. The highest BCUT2D eigenvalue weighted by atomic mass is 16.5. The van der Waals surface area contributed by atoms with Crippen molar-refractivity contribution < 1.29 is 24.3 Å². The van der Waals surface area contributed by atoms with Gasteiger partial charge in [-0.2, -0.15) is 0 Å². The van der Waals surface area contributed by atoms with Crippen LogP contribution in [0.1, 0.15) is 32.3 Å². The molecule has 0 aromatic heterocycles. The highest BCUT2D eigenvalue weighted by molar-refractivity contribution is 6.59. The number of methoxy groups -OCH3 is 1. The molecule has 116 valence electrons. The first-order valence-corrected chi connectivity index (χ1v) is 7.29. The summed E-state index contributed by atoms with van der Waals surface area (Å²) >= 11 is 0. The summed E-state index contributed by atoms with van der Waals surface area (Å²) in [7, 11) is -0.0506. The summed E-state index contributed by atoms with van der Waals surface area (Å²) in [6.45, 7) is 4.55. The van der Waals surface area contributed by atoms with Crippen LogP contribution in [0.15, 0.2) is 18.2 Å². The molecule has 21 heavy (non-hydrogen) atoms. The molecule has 6 heteroatoms. The van der Waals surface area contributed by atoms with Crippen LogP contribution in [0.4, 0.5) is 0 Å². The number of rotatable bonds is 5. The van der Waals surface area contributed by atoms with Crippen LogP contribution in [0.5, 0.6) is 5.75 Å². The average Bonchev–Trinajstić information content (AvgIpc) is 2.43. The van der Waals surface area contributed by atoms with Crippen molar-refractivity contribution in [1.82, 2.24) is 0 Å². The first kappa shape index (κ1) is 16.3. The zero-order chi connectivity index (χ0) is 15.4. The van der Waals surface area contributed by atoms with Gasteiger partial charge >= 0.3 is 7.12 Å². The van der Waals surface area contributed by atoms with Gasteiger partial charge in [0.1, 0.15) is 5.75 Å². The van der Waals surface area contributed by atoms with Gasteiger partial charge in [0.05, 0.1) is 32.0 Å². The molecule has 2 N–H and O–H groups in total. The number of hydrogen-bond donors (Lipinski definition) is 2. The molecule has 2 unspecified atom stereocenters. The van der Waals surface area contributed by atoms with Crippen molar-refractivity contribution in [3.8, 4) is 5.75 Å². The molecule has 0 radical (unpaired) electrons. The van der Waals surface area contributed by atoms with E-state index < -0.39 is 7.12 Å². The summed E-state index contributed by atoms with van der Waals surface area (Å²) in [4.78, 5) is 0. The van der Waals surface area contributed by atoms with Crippen molar-refractivity contribution >= 4 is 12.6 Å². The van der Waals surface area contributed by atoms with Gasteiger partial charge in [0.25, 0.3) is 0 Å². The summed E-state index contributed by atoms with van der Waals surface area (Å²) in [6, 6.07) is 5.30. The number of hydrogen-bond acceptors (Lipinski definition) is 5.